The van der Waals surface area contributed by atoms with Gasteiger partial charge in [-0.3, -0.25) is 4.79 Å². The van der Waals surface area contributed by atoms with Gasteiger partial charge in [0.1, 0.15) is 5.82 Å². The minimum Gasteiger partial charge on any atom is -0.353 e. The molecule has 0 unspecified atom stereocenters. The monoisotopic (exact) mass is 249 g/mol. The minimum absolute atomic E-state index is 0.0862. The Balaban J connectivity index is 2.51. The van der Waals surface area contributed by atoms with E-state index >= 15 is 0 Å². The summed E-state index contributed by atoms with van der Waals surface area (Å²) < 4.78 is 13.0. The zero-order valence-electron chi connectivity index (χ0n) is 10.5. The maximum absolute atomic E-state index is 13.0. The largest absolute Gasteiger partial charge is 0.353 e. The molecule has 1 amide bonds. The molecule has 18 heavy (non-hydrogen) atoms. The lowest BCUT2D eigenvalue weighted by molar-refractivity contribution is -0.120. The number of nitrogens with one attached hydrogen (secondary N) is 2. The number of hydrogen-bond acceptors (Lipinski definition) is 3. The molecule has 5 heteroatoms. The summed E-state index contributed by atoms with van der Waals surface area (Å²) in [6.07, 6.45) is 0. The van der Waals surface area contributed by atoms with Crippen molar-refractivity contribution >= 4 is 5.91 Å². The first kappa shape index (κ1) is 14.1. The number of halogens is 1. The number of nitriles is 1. The summed E-state index contributed by atoms with van der Waals surface area (Å²) in [7, 11) is 0. The van der Waals surface area contributed by atoms with Crippen LogP contribution in [0.2, 0.25) is 0 Å². The first-order valence-electron chi connectivity index (χ1n) is 5.71. The number of carbonyl (C=O) groups is 1. The Morgan fingerprint density at radius 3 is 2.83 bits per heavy atom. The van der Waals surface area contributed by atoms with Gasteiger partial charge in [-0.05, 0) is 37.6 Å². The van der Waals surface area contributed by atoms with Gasteiger partial charge in [0, 0.05) is 12.6 Å². The molecular formula is C13H16FN3O. The Hall–Kier alpha value is -1.93. The fourth-order valence-electron chi connectivity index (χ4n) is 1.50. The SMILES string of the molecule is CC(C)NC(=O)CNCc1cc(F)ccc1C#N. The van der Waals surface area contributed by atoms with Crippen LogP contribution in [0, 0.1) is 17.1 Å². The summed E-state index contributed by atoms with van der Waals surface area (Å²) >= 11 is 0. The number of carbonyl (C=O) groups excluding carboxylic acids is 1. The Labute approximate surface area is 106 Å². The third-order valence-corrected chi connectivity index (χ3v) is 2.24. The van der Waals surface area contributed by atoms with Gasteiger partial charge in [0.25, 0.3) is 0 Å². The van der Waals surface area contributed by atoms with Crippen LogP contribution in [0.4, 0.5) is 4.39 Å². The van der Waals surface area contributed by atoms with Crippen LogP contribution in [0.1, 0.15) is 25.0 Å². The highest BCUT2D eigenvalue weighted by Crippen LogP contribution is 2.09. The summed E-state index contributed by atoms with van der Waals surface area (Å²) in [6, 6.07) is 6.04. The van der Waals surface area contributed by atoms with Crippen molar-refractivity contribution in [3.8, 4) is 6.07 Å². The molecule has 0 heterocycles. The lowest BCUT2D eigenvalue weighted by Gasteiger charge is -2.09. The van der Waals surface area contributed by atoms with Gasteiger partial charge < -0.3 is 10.6 Å². The zero-order valence-corrected chi connectivity index (χ0v) is 10.5. The Kier molecular flexibility index (Phi) is 5.28. The first-order valence-corrected chi connectivity index (χ1v) is 5.71. The molecular weight excluding hydrogens is 233 g/mol. The third-order valence-electron chi connectivity index (χ3n) is 2.24. The summed E-state index contributed by atoms with van der Waals surface area (Å²) in [5, 5.41) is 14.5. The molecule has 4 nitrogen and oxygen atoms in total. The fourth-order valence-corrected chi connectivity index (χ4v) is 1.50. The van der Waals surface area contributed by atoms with E-state index in [1.54, 1.807) is 0 Å². The van der Waals surface area contributed by atoms with Crippen molar-refractivity contribution in [2.24, 2.45) is 0 Å². The molecule has 0 atom stereocenters. The molecule has 0 fully saturated rings. The van der Waals surface area contributed by atoms with Gasteiger partial charge in [0.15, 0.2) is 0 Å². The average molecular weight is 249 g/mol. The second-order valence-corrected chi connectivity index (χ2v) is 4.24. The van der Waals surface area contributed by atoms with Crippen LogP contribution in [0.25, 0.3) is 0 Å². The fraction of sp³-hybridized carbons (Fsp3) is 0.385. The highest BCUT2D eigenvalue weighted by Gasteiger charge is 2.06. The molecule has 0 saturated heterocycles. The van der Waals surface area contributed by atoms with Crippen LogP contribution in [0.15, 0.2) is 18.2 Å². The van der Waals surface area contributed by atoms with E-state index in [1.165, 1.54) is 18.2 Å². The van der Waals surface area contributed by atoms with Crippen molar-refractivity contribution in [3.05, 3.63) is 35.1 Å². The molecule has 0 spiro atoms. The standard InChI is InChI=1S/C13H16FN3O/c1-9(2)17-13(18)8-16-7-11-5-12(14)4-3-10(11)6-15/h3-5,9,16H,7-8H2,1-2H3,(H,17,18). The lowest BCUT2D eigenvalue weighted by atomic mass is 10.1. The van der Waals surface area contributed by atoms with E-state index in [9.17, 15) is 9.18 Å². The van der Waals surface area contributed by atoms with E-state index in [2.05, 4.69) is 10.6 Å². The molecule has 0 aromatic heterocycles. The Bertz CT molecular complexity index is 466. The molecule has 0 bridgehead atoms. The maximum Gasteiger partial charge on any atom is 0.234 e. The average Bonchev–Trinajstić information content (AvgIpc) is 2.28. The van der Waals surface area contributed by atoms with E-state index in [-0.39, 0.29) is 25.0 Å². The minimum atomic E-state index is -0.391. The normalized spacial score (nSPS) is 10.2. The molecule has 1 rings (SSSR count). The second kappa shape index (κ2) is 6.72. The van der Waals surface area contributed by atoms with Crippen molar-refractivity contribution < 1.29 is 9.18 Å². The van der Waals surface area contributed by atoms with E-state index in [0.717, 1.165) is 0 Å². The molecule has 0 aliphatic heterocycles. The topological polar surface area (TPSA) is 64.9 Å². The number of amides is 1. The predicted molar refractivity (Wildman–Crippen MR) is 66.1 cm³/mol. The summed E-state index contributed by atoms with van der Waals surface area (Å²) in [4.78, 5) is 11.4. The van der Waals surface area contributed by atoms with Gasteiger partial charge >= 0.3 is 0 Å². The van der Waals surface area contributed by atoms with E-state index < -0.39 is 5.82 Å². The van der Waals surface area contributed by atoms with Gasteiger partial charge in [0.05, 0.1) is 18.2 Å². The van der Waals surface area contributed by atoms with Crippen LogP contribution < -0.4 is 10.6 Å². The van der Waals surface area contributed by atoms with Crippen molar-refractivity contribution in [1.29, 1.82) is 5.26 Å². The molecule has 0 saturated carbocycles. The van der Waals surface area contributed by atoms with Gasteiger partial charge in [-0.1, -0.05) is 0 Å². The van der Waals surface area contributed by atoms with E-state index in [1.807, 2.05) is 19.9 Å². The van der Waals surface area contributed by atoms with Gasteiger partial charge in [0.2, 0.25) is 5.91 Å². The highest BCUT2D eigenvalue weighted by molar-refractivity contribution is 5.78. The van der Waals surface area contributed by atoms with Crippen molar-refractivity contribution in [1.82, 2.24) is 10.6 Å². The summed E-state index contributed by atoms with van der Waals surface area (Å²) in [5.74, 6) is -0.516. The van der Waals surface area contributed by atoms with Crippen molar-refractivity contribution in [3.63, 3.8) is 0 Å². The van der Waals surface area contributed by atoms with Crippen LogP contribution in [0.5, 0.6) is 0 Å². The van der Waals surface area contributed by atoms with Crippen molar-refractivity contribution in [2.75, 3.05) is 6.54 Å². The van der Waals surface area contributed by atoms with E-state index in [0.29, 0.717) is 11.1 Å². The maximum atomic E-state index is 13.0. The number of hydrogen-bond donors (Lipinski definition) is 2. The van der Waals surface area contributed by atoms with Gasteiger partial charge in [-0.15, -0.1) is 0 Å². The number of benzene rings is 1. The third kappa shape index (κ3) is 4.52. The lowest BCUT2D eigenvalue weighted by Crippen LogP contribution is -2.37. The quantitative estimate of drug-likeness (QED) is 0.827. The Morgan fingerprint density at radius 2 is 2.22 bits per heavy atom. The first-order chi connectivity index (χ1) is 8.52. The van der Waals surface area contributed by atoms with Crippen LogP contribution in [0.3, 0.4) is 0 Å². The predicted octanol–water partition coefficient (Wildman–Crippen LogP) is 1.31. The van der Waals surface area contributed by atoms with Crippen LogP contribution >= 0.6 is 0 Å². The highest BCUT2D eigenvalue weighted by atomic mass is 19.1. The molecule has 96 valence electrons. The number of nitrogens with zero attached hydrogens (tertiary/aromatic N) is 1. The summed E-state index contributed by atoms with van der Waals surface area (Å²) in [5.41, 5.74) is 0.961. The molecule has 0 aliphatic carbocycles. The molecule has 1 aromatic carbocycles. The van der Waals surface area contributed by atoms with E-state index in [4.69, 9.17) is 5.26 Å². The van der Waals surface area contributed by atoms with Crippen LogP contribution in [-0.2, 0) is 11.3 Å². The molecule has 0 radical (unpaired) electrons. The molecule has 2 N–H and O–H groups in total. The molecule has 0 aliphatic rings. The van der Waals surface area contributed by atoms with Gasteiger partial charge in [-0.25, -0.2) is 4.39 Å². The van der Waals surface area contributed by atoms with Crippen molar-refractivity contribution in [2.45, 2.75) is 26.4 Å². The molecule has 1 aromatic rings. The van der Waals surface area contributed by atoms with Gasteiger partial charge in [-0.2, -0.15) is 5.26 Å². The Morgan fingerprint density at radius 1 is 1.50 bits per heavy atom. The zero-order chi connectivity index (χ0) is 13.5. The second-order valence-electron chi connectivity index (χ2n) is 4.24. The smallest absolute Gasteiger partial charge is 0.234 e. The van der Waals surface area contributed by atoms with Crippen LogP contribution in [-0.4, -0.2) is 18.5 Å². The summed E-state index contributed by atoms with van der Waals surface area (Å²) in [6.45, 7) is 4.17. The number of rotatable bonds is 5.